The zero-order valence-corrected chi connectivity index (χ0v) is 13.5. The quantitative estimate of drug-likeness (QED) is 0.673. The Morgan fingerprint density at radius 1 is 1.27 bits per heavy atom. The van der Waals surface area contributed by atoms with Gasteiger partial charge in [0.2, 0.25) is 0 Å². The number of hydrogen-bond donors (Lipinski definition) is 1. The molecule has 0 heterocycles. The molecule has 22 heavy (non-hydrogen) atoms. The lowest BCUT2D eigenvalue weighted by molar-refractivity contribution is -0.150. The molecule has 3 heteroatoms. The molecule has 0 radical (unpaired) electrons. The van der Waals surface area contributed by atoms with Crippen LogP contribution in [0.25, 0.3) is 6.08 Å². The molecule has 2 saturated carbocycles. The Morgan fingerprint density at radius 3 is 2.50 bits per heavy atom. The van der Waals surface area contributed by atoms with Gasteiger partial charge in [0.1, 0.15) is 11.9 Å². The average molecular weight is 300 g/mol. The molecule has 0 saturated heterocycles. The molecule has 2 fully saturated rings. The van der Waals surface area contributed by atoms with Crippen LogP contribution in [0, 0.1) is 16.7 Å². The number of benzene rings is 1. The first-order chi connectivity index (χ1) is 10.3. The smallest absolute Gasteiger partial charge is 0.331 e. The summed E-state index contributed by atoms with van der Waals surface area (Å²) < 4.78 is 5.75. The lowest BCUT2D eigenvalue weighted by Crippen LogP contribution is -2.38. The Balaban J connectivity index is 1.65. The molecule has 0 spiro atoms. The van der Waals surface area contributed by atoms with Gasteiger partial charge >= 0.3 is 5.97 Å². The molecule has 1 aromatic rings. The summed E-state index contributed by atoms with van der Waals surface area (Å²) in [6.07, 6.45) is 6.61. The summed E-state index contributed by atoms with van der Waals surface area (Å²) in [6, 6.07) is 6.73. The summed E-state index contributed by atoms with van der Waals surface area (Å²) in [5.41, 5.74) is 1.22. The SMILES string of the molecule is CC1(C)C2CC[C@@]1(C)[C@H](OC(=O)/C=C/c1ccc(O)cc1)C2. The van der Waals surface area contributed by atoms with E-state index in [2.05, 4.69) is 20.8 Å². The van der Waals surface area contributed by atoms with Crippen molar-refractivity contribution < 1.29 is 14.6 Å². The lowest BCUT2D eigenvalue weighted by Gasteiger charge is -2.38. The van der Waals surface area contributed by atoms with Crippen LogP contribution in [0.3, 0.4) is 0 Å². The zero-order valence-electron chi connectivity index (χ0n) is 13.5. The Morgan fingerprint density at radius 2 is 1.95 bits per heavy atom. The van der Waals surface area contributed by atoms with Crippen LogP contribution in [-0.2, 0) is 9.53 Å². The fourth-order valence-electron chi connectivity index (χ4n) is 4.24. The minimum Gasteiger partial charge on any atom is -0.508 e. The molecule has 0 aliphatic heterocycles. The summed E-state index contributed by atoms with van der Waals surface area (Å²) >= 11 is 0. The van der Waals surface area contributed by atoms with Crippen LogP contribution in [0.4, 0.5) is 0 Å². The number of hydrogen-bond acceptors (Lipinski definition) is 3. The zero-order chi connectivity index (χ0) is 16.0. The highest BCUT2D eigenvalue weighted by molar-refractivity contribution is 5.87. The predicted molar refractivity (Wildman–Crippen MR) is 86.2 cm³/mol. The number of carbonyl (C=O) groups excluding carboxylic acids is 1. The molecule has 2 aliphatic rings. The van der Waals surface area contributed by atoms with Crippen LogP contribution in [-0.4, -0.2) is 17.2 Å². The van der Waals surface area contributed by atoms with Gasteiger partial charge in [0.05, 0.1) is 0 Å². The van der Waals surface area contributed by atoms with E-state index in [0.717, 1.165) is 18.4 Å². The number of esters is 1. The molecule has 0 aromatic heterocycles. The maximum Gasteiger partial charge on any atom is 0.331 e. The van der Waals surface area contributed by atoms with Crippen molar-refractivity contribution in [2.45, 2.75) is 46.1 Å². The van der Waals surface area contributed by atoms with E-state index in [0.29, 0.717) is 5.92 Å². The van der Waals surface area contributed by atoms with Gasteiger partial charge in [-0.1, -0.05) is 32.9 Å². The van der Waals surface area contributed by atoms with E-state index in [1.807, 2.05) is 0 Å². The molecular formula is C19H24O3. The standard InChI is InChI=1S/C19H24O3/c1-18(2)14-10-11-19(18,3)16(12-14)22-17(21)9-6-13-4-7-15(20)8-5-13/h4-9,14,16,20H,10-12H2,1-3H3/b9-6+/t14?,16-,19+/m1/s1. The van der Waals surface area contributed by atoms with Gasteiger partial charge in [-0.05, 0) is 54.4 Å². The maximum absolute atomic E-state index is 12.1. The van der Waals surface area contributed by atoms with Crippen LogP contribution >= 0.6 is 0 Å². The predicted octanol–water partition coefficient (Wildman–Crippen LogP) is 4.16. The van der Waals surface area contributed by atoms with Crippen molar-refractivity contribution in [3.05, 3.63) is 35.9 Å². The first-order valence-electron chi connectivity index (χ1n) is 8.01. The summed E-state index contributed by atoms with van der Waals surface area (Å²) in [7, 11) is 0. The van der Waals surface area contributed by atoms with Crippen molar-refractivity contribution in [3.63, 3.8) is 0 Å². The van der Waals surface area contributed by atoms with Crippen molar-refractivity contribution in [1.82, 2.24) is 0 Å². The Labute approximate surface area is 132 Å². The van der Waals surface area contributed by atoms with Gasteiger partial charge in [-0.3, -0.25) is 0 Å². The van der Waals surface area contributed by atoms with E-state index >= 15 is 0 Å². The lowest BCUT2D eigenvalue weighted by atomic mass is 9.70. The monoisotopic (exact) mass is 300 g/mol. The van der Waals surface area contributed by atoms with E-state index in [9.17, 15) is 9.90 Å². The van der Waals surface area contributed by atoms with Crippen molar-refractivity contribution in [2.75, 3.05) is 0 Å². The number of phenolic OH excluding ortho intramolecular Hbond substituents is 1. The van der Waals surface area contributed by atoms with Gasteiger partial charge in [0.25, 0.3) is 0 Å². The Bertz CT molecular complexity index is 600. The second kappa shape index (κ2) is 5.15. The van der Waals surface area contributed by atoms with Gasteiger partial charge in [0.15, 0.2) is 0 Å². The molecular weight excluding hydrogens is 276 g/mol. The minimum atomic E-state index is -0.275. The van der Waals surface area contributed by atoms with Gasteiger partial charge in [-0.25, -0.2) is 4.79 Å². The molecule has 1 N–H and O–H groups in total. The van der Waals surface area contributed by atoms with Crippen molar-refractivity contribution in [3.8, 4) is 5.75 Å². The summed E-state index contributed by atoms with van der Waals surface area (Å²) in [4.78, 5) is 12.1. The van der Waals surface area contributed by atoms with Gasteiger partial charge in [-0.15, -0.1) is 0 Å². The van der Waals surface area contributed by atoms with Crippen LogP contribution in [0.2, 0.25) is 0 Å². The van der Waals surface area contributed by atoms with Crippen molar-refractivity contribution in [2.24, 2.45) is 16.7 Å². The fraction of sp³-hybridized carbons (Fsp3) is 0.526. The normalized spacial score (nSPS) is 32.5. The molecule has 3 nitrogen and oxygen atoms in total. The Hall–Kier alpha value is -1.77. The highest BCUT2D eigenvalue weighted by Gasteiger charge is 2.62. The molecule has 1 aromatic carbocycles. The fourth-order valence-corrected chi connectivity index (χ4v) is 4.24. The first kappa shape index (κ1) is 15.1. The van der Waals surface area contributed by atoms with Crippen molar-refractivity contribution >= 4 is 12.0 Å². The third-order valence-electron chi connectivity index (χ3n) is 6.28. The number of rotatable bonds is 3. The van der Waals surface area contributed by atoms with Gasteiger partial charge < -0.3 is 9.84 Å². The maximum atomic E-state index is 12.1. The third kappa shape index (κ3) is 2.33. The van der Waals surface area contributed by atoms with Crippen LogP contribution in [0.1, 0.15) is 45.6 Å². The first-order valence-corrected chi connectivity index (χ1v) is 8.01. The number of fused-ring (bicyclic) bond motifs is 2. The number of carbonyl (C=O) groups is 1. The van der Waals surface area contributed by atoms with Crippen molar-refractivity contribution in [1.29, 1.82) is 0 Å². The summed E-state index contributed by atoms with van der Waals surface area (Å²) in [5.74, 6) is 0.607. The van der Waals surface area contributed by atoms with E-state index in [4.69, 9.17) is 4.74 Å². The topological polar surface area (TPSA) is 46.5 Å². The van der Waals surface area contributed by atoms with Crippen LogP contribution < -0.4 is 0 Å². The number of aromatic hydroxyl groups is 1. The van der Waals surface area contributed by atoms with Gasteiger partial charge in [0, 0.05) is 11.5 Å². The second-order valence-corrected chi connectivity index (χ2v) is 7.46. The third-order valence-corrected chi connectivity index (χ3v) is 6.28. The minimum absolute atomic E-state index is 0.0261. The molecule has 2 bridgehead atoms. The number of ether oxygens (including phenoxy) is 1. The van der Waals surface area contributed by atoms with E-state index in [-0.39, 0.29) is 28.7 Å². The summed E-state index contributed by atoms with van der Waals surface area (Å²) in [6.45, 7) is 6.89. The molecule has 0 amide bonds. The second-order valence-electron chi connectivity index (χ2n) is 7.46. The molecule has 118 valence electrons. The highest BCUT2D eigenvalue weighted by atomic mass is 16.5. The average Bonchev–Trinajstić information content (AvgIpc) is 2.80. The Kier molecular flexibility index (Phi) is 3.54. The van der Waals surface area contributed by atoms with E-state index in [1.54, 1.807) is 30.3 Å². The van der Waals surface area contributed by atoms with E-state index in [1.165, 1.54) is 12.5 Å². The summed E-state index contributed by atoms with van der Waals surface area (Å²) in [5, 5.41) is 9.25. The highest BCUT2D eigenvalue weighted by Crippen LogP contribution is 2.66. The molecule has 3 atom stereocenters. The van der Waals surface area contributed by atoms with E-state index < -0.39 is 0 Å². The molecule has 1 unspecified atom stereocenters. The van der Waals surface area contributed by atoms with Crippen LogP contribution in [0.15, 0.2) is 30.3 Å². The molecule has 3 rings (SSSR count). The largest absolute Gasteiger partial charge is 0.508 e. The van der Waals surface area contributed by atoms with Crippen LogP contribution in [0.5, 0.6) is 5.75 Å². The van der Waals surface area contributed by atoms with Gasteiger partial charge in [-0.2, -0.15) is 0 Å². The molecule has 2 aliphatic carbocycles. The number of phenols is 1.